The van der Waals surface area contributed by atoms with Crippen molar-refractivity contribution in [3.05, 3.63) is 53.6 Å². The fraction of sp³-hybridized carbons (Fsp3) is 0.476. The molecule has 5 heteroatoms. The van der Waals surface area contributed by atoms with Crippen molar-refractivity contribution in [1.82, 2.24) is 10.3 Å². The molecular formula is C21H26N2O3. The zero-order valence-electron chi connectivity index (χ0n) is 15.8. The normalized spacial score (nSPS) is 25.0. The molecule has 2 atom stereocenters. The molecule has 0 saturated heterocycles. The van der Waals surface area contributed by atoms with Crippen molar-refractivity contribution in [1.29, 1.82) is 0 Å². The number of hydrogen-bond donors (Lipinski definition) is 1. The average Bonchev–Trinajstić information content (AvgIpc) is 2.52. The number of nitrogens with one attached hydrogen (secondary N) is 1. The SMILES string of the molecule is C=C1NC2=C(C(=O)CC(C)(C)C2)C(c2ccccn2)C1C(=O)OC(C)C. The van der Waals surface area contributed by atoms with Gasteiger partial charge in [-0.15, -0.1) is 0 Å². The van der Waals surface area contributed by atoms with Crippen molar-refractivity contribution in [3.63, 3.8) is 0 Å². The summed E-state index contributed by atoms with van der Waals surface area (Å²) in [5.74, 6) is -1.45. The van der Waals surface area contributed by atoms with Gasteiger partial charge < -0.3 is 10.1 Å². The molecular weight excluding hydrogens is 328 g/mol. The van der Waals surface area contributed by atoms with Crippen LogP contribution in [0.3, 0.4) is 0 Å². The zero-order valence-corrected chi connectivity index (χ0v) is 15.8. The topological polar surface area (TPSA) is 68.3 Å². The van der Waals surface area contributed by atoms with Gasteiger partial charge in [-0.1, -0.05) is 26.5 Å². The van der Waals surface area contributed by atoms with Crippen LogP contribution in [-0.2, 0) is 14.3 Å². The first-order valence-electron chi connectivity index (χ1n) is 9.03. The number of pyridine rings is 1. The molecule has 3 rings (SSSR count). The highest BCUT2D eigenvalue weighted by Crippen LogP contribution is 2.47. The van der Waals surface area contributed by atoms with Crippen LogP contribution in [0.2, 0.25) is 0 Å². The van der Waals surface area contributed by atoms with E-state index in [2.05, 4.69) is 30.7 Å². The molecule has 138 valence electrons. The first kappa shape index (κ1) is 18.4. The molecule has 2 heterocycles. The maximum absolute atomic E-state index is 13.0. The number of ether oxygens (including phenoxy) is 1. The van der Waals surface area contributed by atoms with Gasteiger partial charge >= 0.3 is 5.97 Å². The number of carbonyl (C=O) groups excluding carboxylic acids is 2. The van der Waals surface area contributed by atoms with Crippen LogP contribution in [0.4, 0.5) is 0 Å². The highest BCUT2D eigenvalue weighted by atomic mass is 16.5. The fourth-order valence-electron chi connectivity index (χ4n) is 3.91. The predicted octanol–water partition coefficient (Wildman–Crippen LogP) is 3.49. The molecule has 1 aromatic rings. The Bertz CT molecular complexity index is 778. The summed E-state index contributed by atoms with van der Waals surface area (Å²) < 4.78 is 5.47. The second-order valence-corrected chi connectivity index (χ2v) is 8.18. The lowest BCUT2D eigenvalue weighted by Gasteiger charge is -2.41. The van der Waals surface area contributed by atoms with Gasteiger partial charge in [0, 0.05) is 35.3 Å². The predicted molar refractivity (Wildman–Crippen MR) is 99.0 cm³/mol. The van der Waals surface area contributed by atoms with E-state index in [0.717, 1.165) is 12.1 Å². The Balaban J connectivity index is 2.13. The first-order valence-corrected chi connectivity index (χ1v) is 9.03. The third-order valence-corrected chi connectivity index (χ3v) is 4.86. The van der Waals surface area contributed by atoms with Crippen molar-refractivity contribution in [2.24, 2.45) is 11.3 Å². The standard InChI is InChI=1S/C21H26N2O3/c1-12(2)26-20(25)17-13(3)23-15-10-21(4,5)11-16(24)18(15)19(17)14-8-6-7-9-22-14/h6-9,12,17,19,23H,3,10-11H2,1-2,4-5H3. The molecule has 2 unspecified atom stereocenters. The fourth-order valence-corrected chi connectivity index (χ4v) is 3.91. The largest absolute Gasteiger partial charge is 0.462 e. The Labute approximate surface area is 154 Å². The van der Waals surface area contributed by atoms with Crippen molar-refractivity contribution in [3.8, 4) is 0 Å². The summed E-state index contributed by atoms with van der Waals surface area (Å²) in [6, 6.07) is 5.55. The van der Waals surface area contributed by atoms with E-state index in [1.165, 1.54) is 0 Å². The second kappa shape index (κ2) is 6.71. The van der Waals surface area contributed by atoms with Crippen LogP contribution in [0.1, 0.15) is 52.1 Å². The number of rotatable bonds is 3. The maximum Gasteiger partial charge on any atom is 0.316 e. The maximum atomic E-state index is 13.0. The lowest BCUT2D eigenvalue weighted by Crippen LogP contribution is -2.44. The Kier molecular flexibility index (Phi) is 4.74. The lowest BCUT2D eigenvalue weighted by atomic mass is 9.67. The van der Waals surface area contributed by atoms with Gasteiger partial charge in [0.05, 0.1) is 12.0 Å². The number of hydrogen-bond acceptors (Lipinski definition) is 5. The van der Waals surface area contributed by atoms with Crippen LogP contribution in [0, 0.1) is 11.3 Å². The highest BCUT2D eigenvalue weighted by molar-refractivity contribution is 6.00. The van der Waals surface area contributed by atoms with Crippen molar-refractivity contribution < 1.29 is 14.3 Å². The molecule has 5 nitrogen and oxygen atoms in total. The van der Waals surface area contributed by atoms with Gasteiger partial charge in [0.15, 0.2) is 5.78 Å². The van der Waals surface area contributed by atoms with Gasteiger partial charge in [0.2, 0.25) is 0 Å². The molecule has 0 aromatic carbocycles. The Morgan fingerprint density at radius 2 is 2.08 bits per heavy atom. The minimum absolute atomic E-state index is 0.0641. The summed E-state index contributed by atoms with van der Waals surface area (Å²) in [4.78, 5) is 30.3. The third kappa shape index (κ3) is 3.43. The van der Waals surface area contributed by atoms with E-state index in [1.54, 1.807) is 6.20 Å². The van der Waals surface area contributed by atoms with Gasteiger partial charge in [-0.3, -0.25) is 14.6 Å². The molecule has 0 fully saturated rings. The number of aromatic nitrogens is 1. The van der Waals surface area contributed by atoms with Gasteiger partial charge in [0.25, 0.3) is 0 Å². The van der Waals surface area contributed by atoms with Crippen LogP contribution in [0.25, 0.3) is 0 Å². The molecule has 26 heavy (non-hydrogen) atoms. The van der Waals surface area contributed by atoms with E-state index >= 15 is 0 Å². The van der Waals surface area contributed by atoms with E-state index in [1.807, 2.05) is 32.0 Å². The van der Waals surface area contributed by atoms with Crippen LogP contribution >= 0.6 is 0 Å². The van der Waals surface area contributed by atoms with Crippen LogP contribution in [0.5, 0.6) is 0 Å². The average molecular weight is 354 g/mol. The Morgan fingerprint density at radius 1 is 1.35 bits per heavy atom. The highest BCUT2D eigenvalue weighted by Gasteiger charge is 2.47. The molecule has 1 N–H and O–H groups in total. The van der Waals surface area contributed by atoms with E-state index in [9.17, 15) is 9.59 Å². The lowest BCUT2D eigenvalue weighted by molar-refractivity contribution is -0.151. The molecule has 1 aliphatic carbocycles. The molecule has 0 radical (unpaired) electrons. The third-order valence-electron chi connectivity index (χ3n) is 4.86. The number of Topliss-reactive ketones (excluding diaryl/α,β-unsaturated/α-hetero) is 1. The van der Waals surface area contributed by atoms with E-state index in [-0.39, 0.29) is 23.3 Å². The smallest absolute Gasteiger partial charge is 0.316 e. The summed E-state index contributed by atoms with van der Waals surface area (Å²) in [5, 5.41) is 3.24. The molecule has 1 aliphatic heterocycles. The van der Waals surface area contributed by atoms with Crippen LogP contribution in [0.15, 0.2) is 47.9 Å². The summed E-state index contributed by atoms with van der Waals surface area (Å²) in [6.07, 6.45) is 2.64. The minimum Gasteiger partial charge on any atom is -0.462 e. The second-order valence-electron chi connectivity index (χ2n) is 8.18. The summed E-state index contributed by atoms with van der Waals surface area (Å²) in [6.45, 7) is 11.9. The van der Waals surface area contributed by atoms with Gasteiger partial charge in [-0.25, -0.2) is 0 Å². The monoisotopic (exact) mass is 354 g/mol. The molecule has 2 aliphatic rings. The number of allylic oxidation sites excluding steroid dienone is 2. The minimum atomic E-state index is -0.670. The molecule has 0 spiro atoms. The first-order chi connectivity index (χ1) is 12.2. The molecule has 0 amide bonds. The number of ketones is 1. The number of nitrogens with zero attached hydrogens (tertiary/aromatic N) is 1. The molecule has 0 saturated carbocycles. The summed E-state index contributed by atoms with van der Waals surface area (Å²) >= 11 is 0. The summed E-state index contributed by atoms with van der Waals surface area (Å²) in [5.41, 5.74) is 2.65. The van der Waals surface area contributed by atoms with E-state index in [4.69, 9.17) is 4.74 Å². The summed E-state index contributed by atoms with van der Waals surface area (Å²) in [7, 11) is 0. The van der Waals surface area contributed by atoms with Gasteiger partial charge in [-0.05, 0) is 37.8 Å². The number of carbonyl (C=O) groups is 2. The number of esters is 1. The van der Waals surface area contributed by atoms with Crippen molar-refractivity contribution in [2.75, 3.05) is 0 Å². The van der Waals surface area contributed by atoms with E-state index in [0.29, 0.717) is 23.4 Å². The van der Waals surface area contributed by atoms with Crippen molar-refractivity contribution in [2.45, 2.75) is 52.6 Å². The van der Waals surface area contributed by atoms with Gasteiger partial charge in [-0.2, -0.15) is 0 Å². The molecule has 0 bridgehead atoms. The Morgan fingerprint density at radius 3 is 2.69 bits per heavy atom. The van der Waals surface area contributed by atoms with Gasteiger partial charge in [0.1, 0.15) is 5.92 Å². The van der Waals surface area contributed by atoms with Crippen molar-refractivity contribution >= 4 is 11.8 Å². The molecule has 1 aromatic heterocycles. The van der Waals surface area contributed by atoms with E-state index < -0.39 is 11.8 Å². The van der Waals surface area contributed by atoms with Crippen LogP contribution in [-0.4, -0.2) is 22.8 Å². The quantitative estimate of drug-likeness (QED) is 0.842. The van der Waals surface area contributed by atoms with Crippen LogP contribution < -0.4 is 5.32 Å². The Hall–Kier alpha value is -2.43. The zero-order chi connectivity index (χ0) is 19.1.